The summed E-state index contributed by atoms with van der Waals surface area (Å²) in [7, 11) is 1.79. The van der Waals surface area contributed by atoms with Crippen LogP contribution in [0.1, 0.15) is 106 Å². The number of hydrogen-bond acceptors (Lipinski definition) is 4. The van der Waals surface area contributed by atoms with E-state index >= 15 is 0 Å². The normalized spacial score (nSPS) is 49.4. The Morgan fingerprint density at radius 2 is 1.68 bits per heavy atom. The molecule has 0 aromatic carbocycles. The summed E-state index contributed by atoms with van der Waals surface area (Å²) in [6.07, 6.45) is 11.6. The van der Waals surface area contributed by atoms with E-state index in [1.54, 1.807) is 7.05 Å². The summed E-state index contributed by atoms with van der Waals surface area (Å²) in [5, 5.41) is 13.5. The maximum absolute atomic E-state index is 12.9. The summed E-state index contributed by atoms with van der Waals surface area (Å²) in [6.45, 7) is 17.3. The quantitative estimate of drug-likeness (QED) is 0.309. The Kier molecular flexibility index (Phi) is 6.73. The number of ether oxygens (including phenoxy) is 1. The monoisotopic (exact) mass is 527 g/mol. The number of nitrogens with one attached hydrogen (secondary N) is 1. The van der Waals surface area contributed by atoms with Crippen molar-refractivity contribution < 1.29 is 19.4 Å². The summed E-state index contributed by atoms with van der Waals surface area (Å²) in [4.78, 5) is 25.3. The van der Waals surface area contributed by atoms with E-state index in [2.05, 4.69) is 59.9 Å². The van der Waals surface area contributed by atoms with Gasteiger partial charge in [0.15, 0.2) is 0 Å². The van der Waals surface area contributed by atoms with Gasteiger partial charge in [0.2, 0.25) is 0 Å². The van der Waals surface area contributed by atoms with Gasteiger partial charge >= 0.3 is 11.9 Å². The highest BCUT2D eigenvalue weighted by atomic mass is 16.5. The number of carbonyl (C=O) groups excluding carboxylic acids is 1. The van der Waals surface area contributed by atoms with Crippen molar-refractivity contribution in [3.05, 3.63) is 11.6 Å². The molecule has 0 amide bonds. The van der Waals surface area contributed by atoms with Crippen LogP contribution in [0.25, 0.3) is 0 Å². The standard InChI is InChI=1S/C33H53NO4/c1-20-11-16-33(28(36)37)18-17-31(6)22(27(33)21(20)2)9-10-24-30(5)14-13-25(38-26(35)19-34-8)29(3,4)23(30)12-15-32(24,31)7/h9,20-21,23-25,27,34H,10-19H2,1-8H3,(H,36,37)/t20-,21+,23+,24-,25+,27+,30+,31-,32-,33+/m1/s1. The number of carboxylic acid groups (broad SMARTS) is 1. The number of hydrogen-bond donors (Lipinski definition) is 2. The minimum atomic E-state index is -0.584. The zero-order valence-electron chi connectivity index (χ0n) is 25.3. The predicted molar refractivity (Wildman–Crippen MR) is 150 cm³/mol. The average Bonchev–Trinajstić information content (AvgIpc) is 2.83. The van der Waals surface area contributed by atoms with E-state index < -0.39 is 11.4 Å². The Morgan fingerprint density at radius 1 is 0.974 bits per heavy atom. The van der Waals surface area contributed by atoms with Crippen LogP contribution in [0.15, 0.2) is 11.6 Å². The van der Waals surface area contributed by atoms with Gasteiger partial charge in [0.05, 0.1) is 12.0 Å². The van der Waals surface area contributed by atoms with Crippen LogP contribution in [0, 0.1) is 56.7 Å². The number of carboxylic acids is 1. The largest absolute Gasteiger partial charge is 0.481 e. The summed E-state index contributed by atoms with van der Waals surface area (Å²) in [5.74, 6) is 1.49. The summed E-state index contributed by atoms with van der Waals surface area (Å²) in [6, 6.07) is 0. The van der Waals surface area contributed by atoms with Crippen molar-refractivity contribution >= 4 is 11.9 Å². The minimum Gasteiger partial charge on any atom is -0.481 e. The van der Waals surface area contributed by atoms with Crippen LogP contribution in [0.4, 0.5) is 0 Å². The summed E-state index contributed by atoms with van der Waals surface area (Å²) >= 11 is 0. The van der Waals surface area contributed by atoms with Crippen LogP contribution in [0.2, 0.25) is 0 Å². The van der Waals surface area contributed by atoms with Gasteiger partial charge < -0.3 is 15.2 Å². The zero-order valence-corrected chi connectivity index (χ0v) is 25.3. The molecule has 10 atom stereocenters. The highest BCUT2D eigenvalue weighted by Gasteiger charge is 2.69. The van der Waals surface area contributed by atoms with Crippen LogP contribution in [-0.2, 0) is 14.3 Å². The van der Waals surface area contributed by atoms with Gasteiger partial charge in [-0.2, -0.15) is 0 Å². The molecule has 0 heterocycles. The molecule has 0 spiro atoms. The fourth-order valence-electron chi connectivity index (χ4n) is 11.4. The van der Waals surface area contributed by atoms with Crippen molar-refractivity contribution in [2.75, 3.05) is 13.6 Å². The van der Waals surface area contributed by atoms with Crippen molar-refractivity contribution in [3.63, 3.8) is 0 Å². The fourth-order valence-corrected chi connectivity index (χ4v) is 11.4. The molecule has 5 heteroatoms. The van der Waals surface area contributed by atoms with Crippen molar-refractivity contribution in [3.8, 4) is 0 Å². The Labute approximate surface area is 230 Å². The van der Waals surface area contributed by atoms with Crippen molar-refractivity contribution in [1.82, 2.24) is 5.32 Å². The smallest absolute Gasteiger partial charge is 0.320 e. The van der Waals surface area contributed by atoms with Gasteiger partial charge in [0.25, 0.3) is 0 Å². The van der Waals surface area contributed by atoms with Gasteiger partial charge in [-0.1, -0.05) is 60.1 Å². The maximum atomic E-state index is 12.9. The van der Waals surface area contributed by atoms with Gasteiger partial charge in [-0.25, -0.2) is 0 Å². The van der Waals surface area contributed by atoms with Crippen molar-refractivity contribution in [2.24, 2.45) is 56.7 Å². The SMILES string of the molecule is CNCC(=O)O[C@H]1CC[C@]2(C)[C@H]3CC=C4[C@@H]5[C@@H](C)[C@H](C)CC[C@]5(C(=O)O)CC[C@@]4(C)[C@]3(C)CC[C@H]2C1(C)C. The number of allylic oxidation sites excluding steroid dienone is 2. The maximum Gasteiger partial charge on any atom is 0.320 e. The molecule has 0 bridgehead atoms. The van der Waals surface area contributed by atoms with Gasteiger partial charge in [-0.15, -0.1) is 0 Å². The third-order valence-corrected chi connectivity index (χ3v) is 13.9. The number of fused-ring (bicyclic) bond motifs is 7. The van der Waals surface area contributed by atoms with E-state index in [1.807, 2.05) is 0 Å². The molecule has 4 saturated carbocycles. The van der Waals surface area contributed by atoms with E-state index in [4.69, 9.17) is 4.74 Å². The molecule has 5 aliphatic carbocycles. The lowest BCUT2D eigenvalue weighted by Gasteiger charge is -2.71. The molecule has 5 rings (SSSR count). The predicted octanol–water partition coefficient (Wildman–Crippen LogP) is 6.86. The molecule has 4 fully saturated rings. The average molecular weight is 528 g/mol. The Balaban J connectivity index is 1.52. The van der Waals surface area contributed by atoms with Gasteiger partial charge in [0.1, 0.15) is 6.10 Å². The van der Waals surface area contributed by atoms with Gasteiger partial charge in [-0.3, -0.25) is 9.59 Å². The molecular formula is C33H53NO4. The lowest BCUT2D eigenvalue weighted by atomic mass is 9.33. The molecule has 214 valence electrons. The first-order valence-corrected chi connectivity index (χ1v) is 15.5. The first kappa shape index (κ1) is 28.2. The number of aliphatic carboxylic acids is 1. The van der Waals surface area contributed by atoms with Crippen LogP contribution in [0.5, 0.6) is 0 Å². The second-order valence-electron chi connectivity index (χ2n) is 15.5. The molecule has 0 saturated heterocycles. The highest BCUT2D eigenvalue weighted by Crippen LogP contribution is 2.75. The van der Waals surface area contributed by atoms with E-state index in [0.29, 0.717) is 23.7 Å². The molecule has 0 aliphatic heterocycles. The minimum absolute atomic E-state index is 0.0356. The number of likely N-dealkylation sites (N-methyl/N-ethyl adjacent to an activating group) is 1. The number of rotatable bonds is 4. The second kappa shape index (κ2) is 9.08. The number of esters is 1. The molecule has 5 nitrogen and oxygen atoms in total. The summed E-state index contributed by atoms with van der Waals surface area (Å²) < 4.78 is 6.05. The molecule has 0 aromatic heterocycles. The van der Waals surface area contributed by atoms with E-state index in [-0.39, 0.29) is 46.2 Å². The zero-order chi connectivity index (χ0) is 27.9. The topological polar surface area (TPSA) is 75.6 Å². The van der Waals surface area contributed by atoms with E-state index in [0.717, 1.165) is 51.4 Å². The van der Waals surface area contributed by atoms with Crippen LogP contribution < -0.4 is 5.32 Å². The van der Waals surface area contributed by atoms with Crippen molar-refractivity contribution in [1.29, 1.82) is 0 Å². The third-order valence-electron chi connectivity index (χ3n) is 13.9. The molecule has 5 aliphatic rings. The Hall–Kier alpha value is -1.36. The van der Waals surface area contributed by atoms with Gasteiger partial charge in [0, 0.05) is 5.41 Å². The molecular weight excluding hydrogens is 474 g/mol. The van der Waals surface area contributed by atoms with E-state index in [9.17, 15) is 14.7 Å². The van der Waals surface area contributed by atoms with Crippen LogP contribution >= 0.6 is 0 Å². The lowest BCUT2D eigenvalue weighted by Crippen LogP contribution is -2.65. The molecule has 0 unspecified atom stereocenters. The van der Waals surface area contributed by atoms with Crippen molar-refractivity contribution in [2.45, 2.75) is 112 Å². The first-order chi connectivity index (χ1) is 17.7. The fraction of sp³-hybridized carbons (Fsp3) is 0.879. The second-order valence-corrected chi connectivity index (χ2v) is 15.5. The molecule has 2 N–H and O–H groups in total. The number of carbonyl (C=O) groups is 2. The molecule has 0 radical (unpaired) electrons. The van der Waals surface area contributed by atoms with Gasteiger partial charge in [-0.05, 0) is 111 Å². The Bertz CT molecular complexity index is 1020. The Morgan fingerprint density at radius 3 is 2.34 bits per heavy atom. The first-order valence-electron chi connectivity index (χ1n) is 15.5. The highest BCUT2D eigenvalue weighted by molar-refractivity contribution is 5.76. The molecule has 38 heavy (non-hydrogen) atoms. The summed E-state index contributed by atoms with van der Waals surface area (Å²) in [5.41, 5.74) is 1.22. The van der Waals surface area contributed by atoms with Crippen LogP contribution in [0.3, 0.4) is 0 Å². The third kappa shape index (κ3) is 3.58. The molecule has 0 aromatic rings. The van der Waals surface area contributed by atoms with E-state index in [1.165, 1.54) is 12.0 Å². The lowest BCUT2D eigenvalue weighted by molar-refractivity contribution is -0.214. The van der Waals surface area contributed by atoms with Crippen LogP contribution in [-0.4, -0.2) is 36.7 Å².